The third-order valence-electron chi connectivity index (χ3n) is 10.3. The number of nitrogens with zero attached hydrogens (tertiary/aromatic N) is 8. The van der Waals surface area contributed by atoms with Crippen LogP contribution in [0.3, 0.4) is 0 Å². The van der Waals surface area contributed by atoms with Gasteiger partial charge in [-0.15, -0.1) is 4.68 Å². The van der Waals surface area contributed by atoms with Crippen LogP contribution in [-0.2, 0) is 38.1 Å². The molecule has 2 aliphatic heterocycles. The molecular formula is C41H49Cl3N8O6. The van der Waals surface area contributed by atoms with E-state index in [4.69, 9.17) is 42.1 Å². The van der Waals surface area contributed by atoms with Crippen molar-refractivity contribution in [2.24, 2.45) is 5.41 Å². The second-order valence-electron chi connectivity index (χ2n) is 15.5. The van der Waals surface area contributed by atoms with Gasteiger partial charge in [-0.2, -0.15) is 5.10 Å². The molecule has 5 aromatic rings. The minimum absolute atomic E-state index is 0. The predicted octanol–water partition coefficient (Wildman–Crippen LogP) is 3.02. The summed E-state index contributed by atoms with van der Waals surface area (Å²) in [6, 6.07) is 21.4. The van der Waals surface area contributed by atoms with E-state index in [1.807, 2.05) is 38.1 Å². The molecule has 58 heavy (non-hydrogen) atoms. The molecule has 4 heterocycles. The summed E-state index contributed by atoms with van der Waals surface area (Å²) in [5.41, 5.74) is 2.92. The van der Waals surface area contributed by atoms with Crippen LogP contribution in [0.2, 0.25) is 10.0 Å². The third-order valence-corrected chi connectivity index (χ3v) is 10.8. The van der Waals surface area contributed by atoms with Crippen LogP contribution in [0.4, 0.5) is 11.4 Å². The first-order valence-corrected chi connectivity index (χ1v) is 19.9. The summed E-state index contributed by atoms with van der Waals surface area (Å²) >= 11 is 12.9. The van der Waals surface area contributed by atoms with E-state index in [0.29, 0.717) is 15.6 Å². The number of ether oxygens (including phenoxy) is 4. The maximum Gasteiger partial charge on any atom is 0.350 e. The largest absolute Gasteiger partial charge is 1.00 e. The van der Waals surface area contributed by atoms with Gasteiger partial charge in [0.15, 0.2) is 6.54 Å². The van der Waals surface area contributed by atoms with Crippen molar-refractivity contribution in [2.75, 3.05) is 49.2 Å². The maximum absolute atomic E-state index is 12.8. The monoisotopic (exact) mass is 854 g/mol. The molecule has 3 aromatic carbocycles. The molecule has 3 atom stereocenters. The first-order valence-electron chi connectivity index (χ1n) is 19.2. The van der Waals surface area contributed by atoms with Crippen molar-refractivity contribution in [2.45, 2.75) is 72.2 Å². The molecule has 0 amide bonds. The number of anilines is 2. The van der Waals surface area contributed by atoms with Crippen molar-refractivity contribution < 1.29 is 40.7 Å². The van der Waals surface area contributed by atoms with Crippen molar-refractivity contribution >= 4 is 40.5 Å². The van der Waals surface area contributed by atoms with E-state index in [9.17, 15) is 9.59 Å². The van der Waals surface area contributed by atoms with Crippen LogP contribution in [0.5, 0.6) is 5.75 Å². The van der Waals surface area contributed by atoms with Gasteiger partial charge < -0.3 is 41.2 Å². The van der Waals surface area contributed by atoms with Crippen LogP contribution < -0.4 is 37.2 Å². The van der Waals surface area contributed by atoms with Crippen LogP contribution in [0.1, 0.15) is 52.6 Å². The van der Waals surface area contributed by atoms with E-state index >= 15 is 0 Å². The van der Waals surface area contributed by atoms with Crippen LogP contribution in [0.15, 0.2) is 90.5 Å². The normalized spacial score (nSPS) is 18.8. The van der Waals surface area contributed by atoms with E-state index in [1.54, 1.807) is 71.8 Å². The van der Waals surface area contributed by atoms with Gasteiger partial charge in [-0.1, -0.05) is 36.2 Å². The molecule has 0 radical (unpaired) electrons. The standard InChI is InChI=1S/C41H49Cl2N8O6.ClH/c1-6-29(2)51-39(53)50(26-45-51)33-10-8-31(9-11-33)47-17-19-48(20-18-47)32-12-14-34(15-13-32)54-22-35-23-56-41(57-35,36-16-7-30(42)21-37(36)43)24-49-27-46(25-44-49)28-55-38(52)40(3,4)5;/h7-16,21,25-27,29,35H,6,17-20,22-24,28H2,1-5H3;1H/q+1;/p-1. The average Bonchev–Trinajstić information content (AvgIpc) is 3.94. The Morgan fingerprint density at radius 1 is 0.966 bits per heavy atom. The minimum atomic E-state index is -1.27. The molecule has 0 N–H and O–H groups in total. The highest BCUT2D eigenvalue weighted by Gasteiger charge is 2.47. The fourth-order valence-corrected chi connectivity index (χ4v) is 7.34. The van der Waals surface area contributed by atoms with Gasteiger partial charge in [-0.05, 0) is 94.8 Å². The maximum atomic E-state index is 12.8. The zero-order chi connectivity index (χ0) is 40.3. The third kappa shape index (κ3) is 9.64. The Hall–Kier alpha value is -4.60. The average molecular weight is 856 g/mol. The molecule has 0 spiro atoms. The molecule has 17 heteroatoms. The number of benzene rings is 3. The molecule has 2 aliphatic rings. The summed E-state index contributed by atoms with van der Waals surface area (Å²) in [7, 11) is 0. The highest BCUT2D eigenvalue weighted by atomic mass is 35.5. The summed E-state index contributed by atoms with van der Waals surface area (Å²) < 4.78 is 31.0. The topological polar surface area (TPSA) is 122 Å². The highest BCUT2D eigenvalue weighted by molar-refractivity contribution is 6.35. The van der Waals surface area contributed by atoms with Gasteiger partial charge in [0.2, 0.25) is 18.8 Å². The van der Waals surface area contributed by atoms with Crippen LogP contribution in [-0.4, -0.2) is 75.6 Å². The first kappa shape index (κ1) is 43.0. The molecular weight excluding hydrogens is 807 g/mol. The Balaban J connectivity index is 0.00000567. The fraction of sp³-hybridized carbons (Fsp3) is 0.439. The Morgan fingerprint density at radius 2 is 1.60 bits per heavy atom. The van der Waals surface area contributed by atoms with Crippen LogP contribution in [0, 0.1) is 5.41 Å². The number of carbonyl (C=O) groups is 1. The van der Waals surface area contributed by atoms with Gasteiger partial charge in [-0.3, -0.25) is 4.79 Å². The highest BCUT2D eigenvalue weighted by Crippen LogP contribution is 2.40. The summed E-state index contributed by atoms with van der Waals surface area (Å²) in [6.07, 6.45) is 5.32. The molecule has 0 bridgehead atoms. The van der Waals surface area contributed by atoms with Crippen LogP contribution >= 0.6 is 23.2 Å². The Morgan fingerprint density at radius 3 is 2.22 bits per heavy atom. The Kier molecular flexibility index (Phi) is 13.4. The number of rotatable bonds is 13. The van der Waals surface area contributed by atoms with Crippen molar-refractivity contribution in [1.29, 1.82) is 0 Å². The molecule has 310 valence electrons. The molecule has 2 aromatic heterocycles. The predicted molar refractivity (Wildman–Crippen MR) is 216 cm³/mol. The lowest BCUT2D eigenvalue weighted by Gasteiger charge is -2.37. The Labute approximate surface area is 354 Å². The Bertz CT molecular complexity index is 2210. The molecule has 0 aliphatic carbocycles. The number of hydrogen-bond acceptors (Lipinski definition) is 10. The van der Waals surface area contributed by atoms with E-state index in [-0.39, 0.29) is 56.6 Å². The van der Waals surface area contributed by atoms with E-state index < -0.39 is 17.3 Å². The summed E-state index contributed by atoms with van der Waals surface area (Å²) in [4.78, 5) is 29.9. The van der Waals surface area contributed by atoms with Gasteiger partial charge in [0.1, 0.15) is 24.8 Å². The molecule has 2 saturated heterocycles. The molecule has 3 unspecified atom stereocenters. The summed E-state index contributed by atoms with van der Waals surface area (Å²) in [5, 5.41) is 9.65. The summed E-state index contributed by atoms with van der Waals surface area (Å²) in [5.74, 6) is -0.866. The molecule has 0 saturated carbocycles. The SMILES string of the molecule is CCC(C)n1ncn(-c2ccc(N3CCN(c4ccc(OCC5COC(Cn6c[n+](COC(=O)C(C)(C)C)cn6)(c6ccc(Cl)cc6Cl)O5)cc4)CC3)cc2)c1=O.[Cl-]. The van der Waals surface area contributed by atoms with Gasteiger partial charge in [-0.25, -0.2) is 18.6 Å². The molecule has 7 rings (SSSR count). The van der Waals surface area contributed by atoms with Gasteiger partial charge in [0, 0.05) is 53.2 Å². The molecule has 2 fully saturated rings. The quantitative estimate of drug-likeness (QED) is 0.129. The number of piperazine rings is 1. The lowest BCUT2D eigenvalue weighted by Crippen LogP contribution is -3.00. The van der Waals surface area contributed by atoms with Gasteiger partial charge >= 0.3 is 11.7 Å². The molecule has 14 nitrogen and oxygen atoms in total. The second kappa shape index (κ2) is 18.1. The van der Waals surface area contributed by atoms with Gasteiger partial charge in [0.25, 0.3) is 6.33 Å². The lowest BCUT2D eigenvalue weighted by molar-refractivity contribution is -0.728. The van der Waals surface area contributed by atoms with Crippen molar-refractivity contribution in [3.05, 3.63) is 112 Å². The van der Waals surface area contributed by atoms with E-state index in [1.165, 1.54) is 4.68 Å². The number of carbonyl (C=O) groups excluding carboxylic acids is 1. The number of hydrogen-bond donors (Lipinski definition) is 0. The lowest BCUT2D eigenvalue weighted by atomic mass is 9.98. The number of halogens is 3. The van der Waals surface area contributed by atoms with Crippen molar-refractivity contribution in [1.82, 2.24) is 24.1 Å². The summed E-state index contributed by atoms with van der Waals surface area (Å²) in [6.45, 7) is 13.6. The smallest absolute Gasteiger partial charge is 0.350 e. The number of esters is 1. The fourth-order valence-electron chi connectivity index (χ4n) is 6.79. The zero-order valence-electron chi connectivity index (χ0n) is 33.3. The van der Waals surface area contributed by atoms with Crippen LogP contribution in [0.25, 0.3) is 5.69 Å². The first-order chi connectivity index (χ1) is 27.3. The zero-order valence-corrected chi connectivity index (χ0v) is 35.5. The number of aromatic nitrogens is 6. The second-order valence-corrected chi connectivity index (χ2v) is 16.3. The van der Waals surface area contributed by atoms with E-state index in [2.05, 4.69) is 44.3 Å². The van der Waals surface area contributed by atoms with Gasteiger partial charge in [0.05, 0.1) is 28.8 Å². The van der Waals surface area contributed by atoms with Crippen molar-refractivity contribution in [3.8, 4) is 11.4 Å². The van der Waals surface area contributed by atoms with E-state index in [0.717, 1.165) is 55.4 Å². The minimum Gasteiger partial charge on any atom is -1.00 e. The van der Waals surface area contributed by atoms with Crippen molar-refractivity contribution in [3.63, 3.8) is 0 Å².